The number of aromatic nitrogens is 3. The number of imidazole rings is 1. The maximum atomic E-state index is 6.46. The van der Waals surface area contributed by atoms with Crippen molar-refractivity contribution in [2.75, 3.05) is 24.6 Å². The first kappa shape index (κ1) is 19.1. The number of pyridine rings is 1. The van der Waals surface area contributed by atoms with Crippen LogP contribution in [-0.2, 0) is 4.74 Å². The summed E-state index contributed by atoms with van der Waals surface area (Å²) >= 11 is 12.7. The molecule has 2 saturated heterocycles. The number of fused-ring (bicyclic) bond motifs is 1. The van der Waals surface area contributed by atoms with Crippen LogP contribution in [0, 0.1) is 5.41 Å². The van der Waals surface area contributed by atoms with Crippen molar-refractivity contribution < 1.29 is 4.74 Å². The fourth-order valence-electron chi connectivity index (χ4n) is 4.71. The highest BCUT2D eigenvalue weighted by molar-refractivity contribution is 6.43. The Labute approximate surface area is 179 Å². The van der Waals surface area contributed by atoms with Crippen molar-refractivity contribution >= 4 is 40.1 Å². The molecule has 8 heteroatoms. The maximum absolute atomic E-state index is 6.46. The molecule has 29 heavy (non-hydrogen) atoms. The highest BCUT2D eigenvalue weighted by Crippen LogP contribution is 2.43. The van der Waals surface area contributed by atoms with Crippen molar-refractivity contribution in [3.05, 3.63) is 40.8 Å². The molecular weight excluding hydrogens is 409 g/mol. The SMILES string of the molecule is CC1OCC2(CCN(c3ncc(-c4cccc(Cl)c4Cl)c4nc[nH]c34)CC2)C1N. The molecule has 0 aliphatic carbocycles. The Morgan fingerprint density at radius 1 is 1.21 bits per heavy atom. The van der Waals surface area contributed by atoms with Crippen molar-refractivity contribution in [1.82, 2.24) is 15.0 Å². The van der Waals surface area contributed by atoms with E-state index in [1.807, 2.05) is 18.3 Å². The van der Waals surface area contributed by atoms with Crippen LogP contribution in [0.3, 0.4) is 0 Å². The van der Waals surface area contributed by atoms with Gasteiger partial charge in [0, 0.05) is 41.9 Å². The van der Waals surface area contributed by atoms with E-state index in [0.717, 1.165) is 60.5 Å². The monoisotopic (exact) mass is 431 g/mol. The molecule has 1 aromatic carbocycles. The second-order valence-electron chi connectivity index (χ2n) is 8.11. The van der Waals surface area contributed by atoms with Crippen molar-refractivity contribution in [3.8, 4) is 11.1 Å². The highest BCUT2D eigenvalue weighted by Gasteiger charge is 2.47. The normalized spacial score (nSPS) is 23.9. The molecule has 1 spiro atoms. The van der Waals surface area contributed by atoms with Crippen LogP contribution in [0.15, 0.2) is 30.7 Å². The molecule has 3 aromatic rings. The molecule has 2 fully saturated rings. The first-order valence-corrected chi connectivity index (χ1v) is 10.6. The minimum absolute atomic E-state index is 0.0806. The lowest BCUT2D eigenvalue weighted by molar-refractivity contribution is 0.0974. The maximum Gasteiger partial charge on any atom is 0.154 e. The predicted molar refractivity (Wildman–Crippen MR) is 117 cm³/mol. The van der Waals surface area contributed by atoms with Crippen molar-refractivity contribution in [1.29, 1.82) is 0 Å². The average molecular weight is 432 g/mol. The quantitative estimate of drug-likeness (QED) is 0.633. The second kappa shape index (κ2) is 7.13. The van der Waals surface area contributed by atoms with Crippen molar-refractivity contribution in [3.63, 3.8) is 0 Å². The number of hydrogen-bond donors (Lipinski definition) is 2. The Hall–Kier alpha value is -1.86. The van der Waals surface area contributed by atoms with Gasteiger partial charge in [0.25, 0.3) is 0 Å². The van der Waals surface area contributed by atoms with Crippen LogP contribution in [-0.4, -0.2) is 46.8 Å². The van der Waals surface area contributed by atoms with Gasteiger partial charge in [-0.05, 0) is 25.8 Å². The molecule has 2 unspecified atom stereocenters. The fraction of sp³-hybridized carbons (Fsp3) is 0.429. The number of rotatable bonds is 2. The van der Waals surface area contributed by atoms with Crippen LogP contribution < -0.4 is 10.6 Å². The number of benzene rings is 1. The van der Waals surface area contributed by atoms with Gasteiger partial charge in [-0.2, -0.15) is 0 Å². The Bertz CT molecular complexity index is 1060. The van der Waals surface area contributed by atoms with Gasteiger partial charge in [0.05, 0.1) is 29.1 Å². The summed E-state index contributed by atoms with van der Waals surface area (Å²) in [6.45, 7) is 4.60. The molecule has 2 aromatic heterocycles. The molecule has 0 saturated carbocycles. The third-order valence-electron chi connectivity index (χ3n) is 6.58. The topological polar surface area (TPSA) is 80.1 Å². The standard InChI is InChI=1S/C21H23Cl2N5O/c1-12-19(24)21(10-29-12)5-7-28(8-6-21)20-18-17(26-11-27-18)14(9-25-20)13-3-2-4-15(22)16(13)23/h2-4,9,11-12,19H,5-8,10,24H2,1H3,(H,26,27). The molecule has 0 radical (unpaired) electrons. The Balaban J connectivity index is 1.47. The summed E-state index contributed by atoms with van der Waals surface area (Å²) in [5.41, 5.74) is 9.99. The van der Waals surface area contributed by atoms with Crippen LogP contribution in [0.4, 0.5) is 5.82 Å². The number of nitrogens with zero attached hydrogens (tertiary/aromatic N) is 3. The summed E-state index contributed by atoms with van der Waals surface area (Å²) in [5.74, 6) is 0.912. The van der Waals surface area contributed by atoms with Crippen LogP contribution in [0.1, 0.15) is 19.8 Å². The predicted octanol–water partition coefficient (Wildman–Crippen LogP) is 4.26. The summed E-state index contributed by atoms with van der Waals surface area (Å²) in [6, 6.07) is 5.69. The summed E-state index contributed by atoms with van der Waals surface area (Å²) in [6.07, 6.45) is 5.66. The summed E-state index contributed by atoms with van der Waals surface area (Å²) in [5, 5.41) is 1.03. The van der Waals surface area contributed by atoms with Crippen LogP contribution in [0.2, 0.25) is 10.0 Å². The van der Waals surface area contributed by atoms with Gasteiger partial charge < -0.3 is 20.4 Å². The average Bonchev–Trinajstić information content (AvgIpc) is 3.32. The minimum atomic E-state index is 0.0806. The van der Waals surface area contributed by atoms with Gasteiger partial charge in [-0.3, -0.25) is 0 Å². The van der Waals surface area contributed by atoms with Gasteiger partial charge in [-0.1, -0.05) is 35.3 Å². The van der Waals surface area contributed by atoms with Crippen LogP contribution >= 0.6 is 23.2 Å². The number of piperidine rings is 1. The van der Waals surface area contributed by atoms with E-state index in [0.29, 0.717) is 10.0 Å². The van der Waals surface area contributed by atoms with Crippen molar-refractivity contribution in [2.45, 2.75) is 31.9 Å². The number of halogens is 2. The van der Waals surface area contributed by atoms with Gasteiger partial charge in [-0.25, -0.2) is 9.97 Å². The van der Waals surface area contributed by atoms with Gasteiger partial charge in [0.1, 0.15) is 11.0 Å². The zero-order valence-electron chi connectivity index (χ0n) is 16.2. The zero-order chi connectivity index (χ0) is 20.2. The van der Waals surface area contributed by atoms with E-state index < -0.39 is 0 Å². The molecule has 2 atom stereocenters. The third kappa shape index (κ3) is 3.01. The third-order valence-corrected chi connectivity index (χ3v) is 7.40. The van der Waals surface area contributed by atoms with Gasteiger partial charge in [0.2, 0.25) is 0 Å². The molecule has 3 N–H and O–H groups in total. The Morgan fingerprint density at radius 2 is 2.00 bits per heavy atom. The molecular formula is C21H23Cl2N5O. The smallest absolute Gasteiger partial charge is 0.154 e. The number of ether oxygens (including phenoxy) is 1. The van der Waals surface area contributed by atoms with Gasteiger partial charge in [0.15, 0.2) is 5.82 Å². The van der Waals surface area contributed by atoms with E-state index >= 15 is 0 Å². The summed E-state index contributed by atoms with van der Waals surface area (Å²) in [4.78, 5) is 14.9. The molecule has 4 heterocycles. The van der Waals surface area contributed by atoms with E-state index in [2.05, 4.69) is 21.8 Å². The van der Waals surface area contributed by atoms with Crippen LogP contribution in [0.25, 0.3) is 22.2 Å². The Morgan fingerprint density at radius 3 is 2.72 bits per heavy atom. The lowest BCUT2D eigenvalue weighted by atomic mass is 9.73. The van der Waals surface area contributed by atoms with E-state index in [1.165, 1.54) is 0 Å². The largest absolute Gasteiger partial charge is 0.376 e. The molecule has 0 amide bonds. The molecule has 5 rings (SSSR count). The first-order valence-electron chi connectivity index (χ1n) is 9.89. The molecule has 2 aliphatic rings. The number of hydrogen-bond acceptors (Lipinski definition) is 5. The van der Waals surface area contributed by atoms with Crippen molar-refractivity contribution in [2.24, 2.45) is 11.1 Å². The van der Waals surface area contributed by atoms with Gasteiger partial charge in [-0.15, -0.1) is 0 Å². The van der Waals surface area contributed by atoms with E-state index in [-0.39, 0.29) is 17.6 Å². The lowest BCUT2D eigenvalue weighted by Crippen LogP contribution is -2.50. The first-order chi connectivity index (χ1) is 14.0. The second-order valence-corrected chi connectivity index (χ2v) is 8.90. The van der Waals surface area contributed by atoms with Crippen LogP contribution in [0.5, 0.6) is 0 Å². The molecule has 0 bridgehead atoms. The summed E-state index contributed by atoms with van der Waals surface area (Å²) in [7, 11) is 0. The van der Waals surface area contributed by atoms with E-state index in [1.54, 1.807) is 12.4 Å². The van der Waals surface area contributed by atoms with E-state index in [4.69, 9.17) is 38.7 Å². The minimum Gasteiger partial charge on any atom is -0.376 e. The number of anilines is 1. The number of nitrogens with one attached hydrogen (secondary N) is 1. The number of nitrogens with two attached hydrogens (primary N) is 1. The fourth-order valence-corrected chi connectivity index (χ4v) is 5.11. The molecule has 2 aliphatic heterocycles. The summed E-state index contributed by atoms with van der Waals surface area (Å²) < 4.78 is 5.84. The van der Waals surface area contributed by atoms with Gasteiger partial charge >= 0.3 is 0 Å². The number of H-pyrrole nitrogens is 1. The lowest BCUT2D eigenvalue weighted by Gasteiger charge is -2.41. The highest BCUT2D eigenvalue weighted by atomic mass is 35.5. The Kier molecular flexibility index (Phi) is 4.70. The van der Waals surface area contributed by atoms with E-state index in [9.17, 15) is 0 Å². The molecule has 152 valence electrons. The molecule has 6 nitrogen and oxygen atoms in total. The number of aromatic amines is 1. The zero-order valence-corrected chi connectivity index (χ0v) is 17.7.